The minimum atomic E-state index is -0.842. The van der Waals surface area contributed by atoms with Gasteiger partial charge in [0.05, 0.1) is 6.42 Å². The highest BCUT2D eigenvalue weighted by molar-refractivity contribution is 5.92. The third kappa shape index (κ3) is 6.31. The Bertz CT molecular complexity index is 646. The van der Waals surface area contributed by atoms with Gasteiger partial charge in [0.1, 0.15) is 23.7 Å². The molecule has 2 fully saturated rings. The number of carbonyl (C=O) groups excluding carboxylic acids is 4. The summed E-state index contributed by atoms with van der Waals surface area (Å²) in [5.74, 6) is -1.18. The Hall–Kier alpha value is -2.36. The van der Waals surface area contributed by atoms with Crippen LogP contribution in [0.4, 0.5) is 4.79 Å². The zero-order chi connectivity index (χ0) is 21.8. The van der Waals surface area contributed by atoms with Crippen molar-refractivity contribution in [3.8, 4) is 0 Å². The maximum atomic E-state index is 12.8. The summed E-state index contributed by atoms with van der Waals surface area (Å²) in [6, 6.07) is -2.11. The highest BCUT2D eigenvalue weighted by Crippen LogP contribution is 2.21. The molecule has 2 aliphatic rings. The number of hydrogen-bond donors (Lipinski definition) is 2. The van der Waals surface area contributed by atoms with Gasteiger partial charge in [0.2, 0.25) is 18.1 Å². The number of likely N-dealkylation sites (tertiary alicyclic amines) is 1. The molecule has 0 aromatic heterocycles. The summed E-state index contributed by atoms with van der Waals surface area (Å²) in [6.07, 6.45) is -0.335. The molecule has 2 rings (SSSR count). The minimum Gasteiger partial charge on any atom is -0.444 e. The topological polar surface area (TPSA) is 123 Å². The normalized spacial score (nSPS) is 25.3. The maximum Gasteiger partial charge on any atom is 0.408 e. The Kier molecular flexibility index (Phi) is 7.45. The van der Waals surface area contributed by atoms with Crippen LogP contribution in [0.1, 0.15) is 53.9 Å². The van der Waals surface area contributed by atoms with E-state index < -0.39 is 42.1 Å². The van der Waals surface area contributed by atoms with Crippen molar-refractivity contribution in [1.82, 2.24) is 15.5 Å². The summed E-state index contributed by atoms with van der Waals surface area (Å²) in [7, 11) is 0. The van der Waals surface area contributed by atoms with Gasteiger partial charge in [-0.3, -0.25) is 14.4 Å². The zero-order valence-electron chi connectivity index (χ0n) is 17.6. The fourth-order valence-electron chi connectivity index (χ4n) is 3.35. The molecular weight excluding hydrogens is 382 g/mol. The predicted molar refractivity (Wildman–Crippen MR) is 102 cm³/mol. The first kappa shape index (κ1) is 22.9. The summed E-state index contributed by atoms with van der Waals surface area (Å²) in [6.45, 7) is 9.25. The fraction of sp³-hybridized carbons (Fsp3) is 0.789. The molecule has 0 aliphatic carbocycles. The number of cyclic esters (lactones) is 1. The van der Waals surface area contributed by atoms with Gasteiger partial charge in [0, 0.05) is 13.2 Å². The van der Waals surface area contributed by atoms with E-state index in [0.717, 1.165) is 0 Å². The number of rotatable bonds is 6. The molecule has 2 aliphatic heterocycles. The van der Waals surface area contributed by atoms with E-state index in [1.807, 2.05) is 0 Å². The molecule has 10 nitrogen and oxygen atoms in total. The van der Waals surface area contributed by atoms with E-state index in [4.69, 9.17) is 14.2 Å². The maximum absolute atomic E-state index is 12.8. The van der Waals surface area contributed by atoms with Crippen molar-refractivity contribution in [3.63, 3.8) is 0 Å². The summed E-state index contributed by atoms with van der Waals surface area (Å²) in [4.78, 5) is 50.5. The van der Waals surface area contributed by atoms with E-state index in [1.54, 1.807) is 34.6 Å². The van der Waals surface area contributed by atoms with Crippen LogP contribution in [0.15, 0.2) is 0 Å². The average Bonchev–Trinajstić information content (AvgIpc) is 3.19. The summed E-state index contributed by atoms with van der Waals surface area (Å²) < 4.78 is 15.6. The van der Waals surface area contributed by atoms with Crippen molar-refractivity contribution in [1.29, 1.82) is 0 Å². The van der Waals surface area contributed by atoms with Crippen LogP contribution in [-0.4, -0.2) is 71.9 Å². The van der Waals surface area contributed by atoms with Crippen molar-refractivity contribution in [2.24, 2.45) is 0 Å². The van der Waals surface area contributed by atoms with Crippen LogP contribution in [0.25, 0.3) is 0 Å². The summed E-state index contributed by atoms with van der Waals surface area (Å²) in [5.41, 5.74) is -0.680. The first-order valence-corrected chi connectivity index (χ1v) is 9.93. The Morgan fingerprint density at radius 3 is 2.62 bits per heavy atom. The van der Waals surface area contributed by atoms with Gasteiger partial charge < -0.3 is 29.7 Å². The van der Waals surface area contributed by atoms with E-state index in [-0.39, 0.29) is 18.2 Å². The number of nitrogens with one attached hydrogen (secondary N) is 2. The molecule has 2 N–H and O–H groups in total. The first-order valence-electron chi connectivity index (χ1n) is 9.93. The van der Waals surface area contributed by atoms with Gasteiger partial charge in [0.25, 0.3) is 0 Å². The molecule has 0 aromatic carbocycles. The quantitative estimate of drug-likeness (QED) is 0.614. The molecule has 2 heterocycles. The van der Waals surface area contributed by atoms with Crippen LogP contribution in [0.3, 0.4) is 0 Å². The van der Waals surface area contributed by atoms with Crippen LogP contribution in [0.2, 0.25) is 0 Å². The molecule has 10 heteroatoms. The second-order valence-electron chi connectivity index (χ2n) is 8.19. The van der Waals surface area contributed by atoms with E-state index in [0.29, 0.717) is 26.0 Å². The fourth-order valence-corrected chi connectivity index (χ4v) is 3.35. The van der Waals surface area contributed by atoms with Gasteiger partial charge in [-0.25, -0.2) is 4.79 Å². The number of carbonyl (C=O) groups is 4. The van der Waals surface area contributed by atoms with E-state index in [1.165, 1.54) is 4.90 Å². The number of ether oxygens (including phenoxy) is 3. The van der Waals surface area contributed by atoms with Gasteiger partial charge in [-0.2, -0.15) is 0 Å². The summed E-state index contributed by atoms with van der Waals surface area (Å²) >= 11 is 0. The monoisotopic (exact) mass is 413 g/mol. The Morgan fingerprint density at radius 2 is 2.00 bits per heavy atom. The van der Waals surface area contributed by atoms with E-state index in [2.05, 4.69) is 10.6 Å². The van der Waals surface area contributed by atoms with Gasteiger partial charge >= 0.3 is 12.1 Å². The van der Waals surface area contributed by atoms with Crippen LogP contribution in [-0.2, 0) is 28.6 Å². The van der Waals surface area contributed by atoms with E-state index in [9.17, 15) is 19.2 Å². The molecule has 2 saturated heterocycles. The second kappa shape index (κ2) is 9.43. The number of amides is 3. The molecule has 3 amide bonds. The Labute approximate surface area is 170 Å². The highest BCUT2D eigenvalue weighted by Gasteiger charge is 2.41. The lowest BCUT2D eigenvalue weighted by atomic mass is 10.1. The van der Waals surface area contributed by atoms with Gasteiger partial charge in [-0.15, -0.1) is 0 Å². The molecule has 4 unspecified atom stereocenters. The van der Waals surface area contributed by atoms with Crippen LogP contribution < -0.4 is 10.6 Å². The van der Waals surface area contributed by atoms with Crippen molar-refractivity contribution < 1.29 is 33.4 Å². The molecular formula is C19H31N3O7. The van der Waals surface area contributed by atoms with Crippen molar-refractivity contribution in [2.45, 2.75) is 83.9 Å². The van der Waals surface area contributed by atoms with Crippen LogP contribution in [0.5, 0.6) is 0 Å². The minimum absolute atomic E-state index is 0.0215. The SMILES string of the molecule is CCOC1OC(=O)CC1NC(=O)C1CCCN1C(=O)C(C)NC(=O)OC(C)(C)C. The van der Waals surface area contributed by atoms with Gasteiger partial charge in [-0.05, 0) is 47.5 Å². The molecule has 0 aromatic rings. The largest absolute Gasteiger partial charge is 0.444 e. The molecule has 0 bridgehead atoms. The molecule has 0 radical (unpaired) electrons. The van der Waals surface area contributed by atoms with E-state index >= 15 is 0 Å². The molecule has 0 saturated carbocycles. The molecule has 164 valence electrons. The summed E-state index contributed by atoms with van der Waals surface area (Å²) in [5, 5.41) is 5.27. The molecule has 0 spiro atoms. The van der Waals surface area contributed by atoms with Crippen molar-refractivity contribution >= 4 is 23.9 Å². The number of nitrogens with zero attached hydrogens (tertiary/aromatic N) is 1. The van der Waals surface area contributed by atoms with Gasteiger partial charge in [-0.1, -0.05) is 0 Å². The number of hydrogen-bond acceptors (Lipinski definition) is 7. The van der Waals surface area contributed by atoms with Crippen LogP contribution >= 0.6 is 0 Å². The third-order valence-electron chi connectivity index (χ3n) is 4.56. The Balaban J connectivity index is 1.95. The lowest BCUT2D eigenvalue weighted by Crippen LogP contribution is -2.55. The van der Waals surface area contributed by atoms with Crippen molar-refractivity contribution in [2.75, 3.05) is 13.2 Å². The Morgan fingerprint density at radius 1 is 1.31 bits per heavy atom. The lowest BCUT2D eigenvalue weighted by molar-refractivity contribution is -0.164. The van der Waals surface area contributed by atoms with Crippen LogP contribution in [0, 0.1) is 0 Å². The highest BCUT2D eigenvalue weighted by atomic mass is 16.7. The molecule has 29 heavy (non-hydrogen) atoms. The average molecular weight is 413 g/mol. The number of alkyl carbamates (subject to hydrolysis) is 1. The first-order chi connectivity index (χ1) is 13.5. The molecule has 4 atom stereocenters. The second-order valence-corrected chi connectivity index (χ2v) is 8.19. The predicted octanol–water partition coefficient (Wildman–Crippen LogP) is 0.685. The standard InChI is InChI=1S/C19H31N3O7/c1-6-27-17-12(10-14(23)28-17)21-15(24)13-8-7-9-22(13)16(25)11(2)20-18(26)29-19(3,4)5/h11-13,17H,6-10H2,1-5H3,(H,20,26)(H,21,24). The third-order valence-corrected chi connectivity index (χ3v) is 4.56. The smallest absolute Gasteiger partial charge is 0.408 e. The van der Waals surface area contributed by atoms with Crippen molar-refractivity contribution in [3.05, 3.63) is 0 Å². The lowest BCUT2D eigenvalue weighted by Gasteiger charge is -2.29. The van der Waals surface area contributed by atoms with Gasteiger partial charge in [0.15, 0.2) is 0 Å². The zero-order valence-corrected chi connectivity index (χ0v) is 17.6. The number of esters is 1.